The van der Waals surface area contributed by atoms with E-state index in [1.165, 1.54) is 4.31 Å². The number of aromatic amines is 1. The van der Waals surface area contributed by atoms with E-state index in [0.717, 1.165) is 11.0 Å². The number of nitrogens with one attached hydrogen (secondary N) is 1. The van der Waals surface area contributed by atoms with Gasteiger partial charge in [0.1, 0.15) is 21.9 Å². The fraction of sp³-hybridized carbons (Fsp3) is 0.190. The van der Waals surface area contributed by atoms with Crippen molar-refractivity contribution in [2.45, 2.75) is 4.90 Å². The molecule has 0 unspecified atom stereocenters. The first-order valence-electron chi connectivity index (χ1n) is 9.47. The Kier molecular flexibility index (Phi) is 4.39. The predicted molar refractivity (Wildman–Crippen MR) is 112 cm³/mol. The zero-order valence-corrected chi connectivity index (χ0v) is 16.7. The lowest BCUT2D eigenvalue weighted by Gasteiger charge is -2.26. The smallest absolute Gasteiger partial charge is 0.266 e. The summed E-state index contributed by atoms with van der Waals surface area (Å²) in [5, 5.41) is 1.34. The second-order valence-electron chi connectivity index (χ2n) is 7.12. The van der Waals surface area contributed by atoms with Gasteiger partial charge in [-0.2, -0.15) is 4.31 Å². The molecule has 2 aromatic heterocycles. The molecule has 3 N–H and O–H groups in total. The molecule has 8 nitrogen and oxygen atoms in total. The van der Waals surface area contributed by atoms with E-state index < -0.39 is 15.9 Å². The Bertz CT molecular complexity index is 1350. The van der Waals surface area contributed by atoms with E-state index in [4.69, 9.17) is 14.9 Å². The average molecular weight is 425 g/mol. The van der Waals surface area contributed by atoms with Gasteiger partial charge in [-0.25, -0.2) is 8.42 Å². The number of amides is 1. The molecule has 1 saturated heterocycles. The lowest BCUT2D eigenvalue weighted by Crippen LogP contribution is -2.41. The Balaban J connectivity index is 1.71. The van der Waals surface area contributed by atoms with Gasteiger partial charge in [0.15, 0.2) is 0 Å². The van der Waals surface area contributed by atoms with E-state index in [1.54, 1.807) is 12.1 Å². The number of fused-ring (bicyclic) bond motifs is 2. The largest absolute Gasteiger partial charge is 0.456 e. The third kappa shape index (κ3) is 2.98. The van der Waals surface area contributed by atoms with Crippen LogP contribution in [0.4, 0.5) is 0 Å². The highest BCUT2D eigenvalue weighted by Crippen LogP contribution is 2.35. The predicted octanol–water partition coefficient (Wildman–Crippen LogP) is 2.70. The van der Waals surface area contributed by atoms with Gasteiger partial charge in [-0.3, -0.25) is 4.79 Å². The van der Waals surface area contributed by atoms with Crippen molar-refractivity contribution in [3.05, 3.63) is 54.2 Å². The van der Waals surface area contributed by atoms with Crippen molar-refractivity contribution in [2.75, 3.05) is 26.3 Å². The number of hydrogen-bond donors (Lipinski definition) is 2. The van der Waals surface area contributed by atoms with Crippen LogP contribution >= 0.6 is 0 Å². The van der Waals surface area contributed by atoms with Crippen LogP contribution < -0.4 is 5.73 Å². The summed E-state index contributed by atoms with van der Waals surface area (Å²) < 4.78 is 39.3. The van der Waals surface area contributed by atoms with E-state index in [0.29, 0.717) is 35.4 Å². The maximum Gasteiger partial charge on any atom is 0.266 e. The van der Waals surface area contributed by atoms with Crippen molar-refractivity contribution in [1.29, 1.82) is 0 Å². The van der Waals surface area contributed by atoms with Gasteiger partial charge in [0, 0.05) is 34.9 Å². The molecule has 3 heterocycles. The summed E-state index contributed by atoms with van der Waals surface area (Å²) in [6, 6.07) is 14.8. The molecule has 1 fully saturated rings. The molecule has 1 aliphatic heterocycles. The lowest BCUT2D eigenvalue weighted by atomic mass is 10.1. The Morgan fingerprint density at radius 1 is 1.07 bits per heavy atom. The quantitative estimate of drug-likeness (QED) is 0.521. The number of sulfonamides is 1. The summed E-state index contributed by atoms with van der Waals surface area (Å²) in [6.45, 7) is 1.04. The second-order valence-corrected chi connectivity index (χ2v) is 8.99. The molecule has 0 aliphatic carbocycles. The number of furan rings is 1. The van der Waals surface area contributed by atoms with E-state index in [9.17, 15) is 13.2 Å². The van der Waals surface area contributed by atoms with Gasteiger partial charge in [-0.15, -0.1) is 0 Å². The Morgan fingerprint density at radius 3 is 2.57 bits per heavy atom. The minimum Gasteiger partial charge on any atom is -0.456 e. The van der Waals surface area contributed by atoms with Crippen LogP contribution in [-0.2, 0) is 14.8 Å². The van der Waals surface area contributed by atoms with Crippen molar-refractivity contribution >= 4 is 37.8 Å². The summed E-state index contributed by atoms with van der Waals surface area (Å²) in [5.74, 6) is -0.224. The standard InChI is InChI=1S/C21H19N3O5S/c22-21(25)19-20(30(26,27)24-7-9-28-10-8-24)15-11-14(5-6-16(15)23-19)18-12-13-3-1-2-4-17(13)29-18/h1-6,11-12,23H,7-10H2,(H2,22,25). The highest BCUT2D eigenvalue weighted by Gasteiger charge is 2.33. The molecule has 154 valence electrons. The minimum absolute atomic E-state index is 0.107. The van der Waals surface area contributed by atoms with Crippen LogP contribution in [-0.4, -0.2) is 49.9 Å². The molecular weight excluding hydrogens is 406 g/mol. The fourth-order valence-electron chi connectivity index (χ4n) is 3.80. The SMILES string of the molecule is NC(=O)c1[nH]c2ccc(-c3cc4ccccc4o3)cc2c1S(=O)(=O)N1CCOCC1. The van der Waals surface area contributed by atoms with Gasteiger partial charge in [0.05, 0.1) is 13.2 Å². The molecule has 30 heavy (non-hydrogen) atoms. The number of nitrogens with zero attached hydrogens (tertiary/aromatic N) is 1. The molecule has 0 bridgehead atoms. The number of morpholine rings is 1. The maximum absolute atomic E-state index is 13.4. The van der Waals surface area contributed by atoms with Crippen LogP contribution in [0.3, 0.4) is 0 Å². The third-order valence-corrected chi connectivity index (χ3v) is 7.26. The molecule has 4 aromatic rings. The normalized spacial score (nSPS) is 15.7. The molecule has 0 saturated carbocycles. The lowest BCUT2D eigenvalue weighted by molar-refractivity contribution is 0.0730. The highest BCUT2D eigenvalue weighted by molar-refractivity contribution is 7.89. The molecule has 0 radical (unpaired) electrons. The average Bonchev–Trinajstić information content (AvgIpc) is 3.36. The highest BCUT2D eigenvalue weighted by atomic mass is 32.2. The molecule has 0 spiro atoms. The van der Waals surface area contributed by atoms with Crippen molar-refractivity contribution in [3.8, 4) is 11.3 Å². The minimum atomic E-state index is -3.95. The van der Waals surface area contributed by atoms with Gasteiger partial charge in [0.2, 0.25) is 10.0 Å². The maximum atomic E-state index is 13.4. The summed E-state index contributed by atoms with van der Waals surface area (Å²) in [5.41, 5.74) is 7.33. The van der Waals surface area contributed by atoms with Crippen molar-refractivity contribution < 1.29 is 22.4 Å². The number of rotatable bonds is 4. The number of ether oxygens (including phenoxy) is 1. The Morgan fingerprint density at radius 2 is 1.83 bits per heavy atom. The third-order valence-electron chi connectivity index (χ3n) is 5.28. The van der Waals surface area contributed by atoms with Crippen molar-refractivity contribution in [3.63, 3.8) is 0 Å². The zero-order valence-electron chi connectivity index (χ0n) is 15.9. The van der Waals surface area contributed by atoms with Gasteiger partial charge in [-0.05, 0) is 30.3 Å². The van der Waals surface area contributed by atoms with E-state index in [1.807, 2.05) is 36.4 Å². The zero-order chi connectivity index (χ0) is 20.9. The molecule has 2 aromatic carbocycles. The van der Waals surface area contributed by atoms with E-state index in [-0.39, 0.29) is 23.7 Å². The Hall–Kier alpha value is -3.14. The van der Waals surface area contributed by atoms with Crippen molar-refractivity contribution in [2.24, 2.45) is 5.73 Å². The monoisotopic (exact) mass is 425 g/mol. The van der Waals surface area contributed by atoms with Crippen LogP contribution in [0.25, 0.3) is 33.2 Å². The first kappa shape index (κ1) is 18.9. The van der Waals surface area contributed by atoms with Crippen molar-refractivity contribution in [1.82, 2.24) is 9.29 Å². The number of benzene rings is 2. The Labute approximate surface area is 172 Å². The number of carbonyl (C=O) groups excluding carboxylic acids is 1. The topological polar surface area (TPSA) is 119 Å². The number of hydrogen-bond acceptors (Lipinski definition) is 5. The molecule has 9 heteroatoms. The molecule has 1 amide bonds. The fourth-order valence-corrected chi connectivity index (χ4v) is 5.55. The molecular formula is C21H19N3O5S. The van der Waals surface area contributed by atoms with Crippen LogP contribution in [0, 0.1) is 0 Å². The summed E-state index contributed by atoms with van der Waals surface area (Å²) >= 11 is 0. The summed E-state index contributed by atoms with van der Waals surface area (Å²) in [7, 11) is -3.95. The second kappa shape index (κ2) is 6.98. The van der Waals surface area contributed by atoms with Gasteiger partial charge in [0.25, 0.3) is 5.91 Å². The first-order valence-corrected chi connectivity index (χ1v) is 10.9. The van der Waals surface area contributed by atoms with Crippen LogP contribution in [0.15, 0.2) is 57.8 Å². The number of carbonyl (C=O) groups is 1. The molecule has 1 aliphatic rings. The van der Waals surface area contributed by atoms with E-state index in [2.05, 4.69) is 4.98 Å². The first-order chi connectivity index (χ1) is 14.4. The number of H-pyrrole nitrogens is 1. The van der Waals surface area contributed by atoms with Gasteiger partial charge < -0.3 is 19.9 Å². The van der Waals surface area contributed by atoms with Gasteiger partial charge in [-0.1, -0.05) is 18.2 Å². The van der Waals surface area contributed by atoms with Gasteiger partial charge >= 0.3 is 0 Å². The molecule has 0 atom stereocenters. The van der Waals surface area contributed by atoms with E-state index >= 15 is 0 Å². The number of nitrogens with two attached hydrogens (primary N) is 1. The number of primary amides is 1. The summed E-state index contributed by atoms with van der Waals surface area (Å²) in [6.07, 6.45) is 0. The van der Waals surface area contributed by atoms with Crippen LogP contribution in [0.1, 0.15) is 10.5 Å². The molecule has 5 rings (SSSR count). The number of para-hydroxylation sites is 1. The van der Waals surface area contributed by atoms with Crippen LogP contribution in [0.5, 0.6) is 0 Å². The summed E-state index contributed by atoms with van der Waals surface area (Å²) in [4.78, 5) is 14.8. The van der Waals surface area contributed by atoms with Crippen LogP contribution in [0.2, 0.25) is 0 Å². The number of aromatic nitrogens is 1.